The number of nitrogens with one attached hydrogen (secondary N) is 1. The van der Waals surface area contributed by atoms with E-state index in [0.29, 0.717) is 12.5 Å². The van der Waals surface area contributed by atoms with Crippen LogP contribution >= 0.6 is 0 Å². The minimum absolute atomic E-state index is 0.0780. The van der Waals surface area contributed by atoms with E-state index >= 15 is 0 Å². The molecule has 0 radical (unpaired) electrons. The topological polar surface area (TPSA) is 58.4 Å². The molecule has 5 heteroatoms. The van der Waals surface area contributed by atoms with Gasteiger partial charge in [0.2, 0.25) is 0 Å². The number of nitrogens with zero attached hydrogens (tertiary/aromatic N) is 1. The number of piperidine rings is 1. The molecule has 110 valence electrons. The molecule has 1 heterocycles. The number of hydrogen-bond acceptors (Lipinski definition) is 3. The molecular formula is C15H22FN3O. The predicted molar refractivity (Wildman–Crippen MR) is 78.0 cm³/mol. The van der Waals surface area contributed by atoms with Crippen LogP contribution in [0, 0.1) is 11.7 Å². The molecule has 0 aromatic heterocycles. The summed E-state index contributed by atoms with van der Waals surface area (Å²) in [6, 6.07) is 4.31. The normalized spacial score (nSPS) is 17.1. The van der Waals surface area contributed by atoms with Crippen LogP contribution in [0.15, 0.2) is 18.2 Å². The Balaban J connectivity index is 1.85. The molecule has 0 unspecified atom stereocenters. The molecule has 0 atom stereocenters. The third kappa shape index (κ3) is 3.48. The Labute approximate surface area is 119 Å². The van der Waals surface area contributed by atoms with Gasteiger partial charge in [0.05, 0.1) is 11.3 Å². The Kier molecular flexibility index (Phi) is 4.95. The molecular weight excluding hydrogens is 257 g/mol. The highest BCUT2D eigenvalue weighted by atomic mass is 19.1. The standard InChI is InChI=1S/C15H22FN3O/c1-2-19-8-6-11(7-9-19)10-18-15(20)12-4-3-5-13(16)14(12)17/h3-5,11H,2,6-10,17H2,1H3,(H,18,20). The van der Waals surface area contributed by atoms with Crippen LogP contribution < -0.4 is 11.1 Å². The molecule has 0 spiro atoms. The van der Waals surface area contributed by atoms with Crippen LogP contribution in [0.4, 0.5) is 10.1 Å². The van der Waals surface area contributed by atoms with E-state index in [2.05, 4.69) is 17.1 Å². The summed E-state index contributed by atoms with van der Waals surface area (Å²) in [5, 5.41) is 2.87. The molecule has 0 aliphatic carbocycles. The lowest BCUT2D eigenvalue weighted by atomic mass is 9.96. The van der Waals surface area contributed by atoms with E-state index < -0.39 is 5.82 Å². The molecule has 1 aliphatic rings. The third-order valence-electron chi connectivity index (χ3n) is 4.00. The zero-order chi connectivity index (χ0) is 14.5. The number of nitrogens with two attached hydrogens (primary N) is 1. The van der Waals surface area contributed by atoms with Gasteiger partial charge in [-0.25, -0.2) is 4.39 Å². The first-order valence-corrected chi connectivity index (χ1v) is 7.16. The zero-order valence-electron chi connectivity index (χ0n) is 11.9. The van der Waals surface area contributed by atoms with Gasteiger partial charge < -0.3 is 16.0 Å². The van der Waals surface area contributed by atoms with Crippen molar-refractivity contribution in [2.24, 2.45) is 5.92 Å². The lowest BCUT2D eigenvalue weighted by molar-refractivity contribution is 0.0937. The molecule has 1 aromatic carbocycles. The van der Waals surface area contributed by atoms with Gasteiger partial charge in [0.25, 0.3) is 5.91 Å². The van der Waals surface area contributed by atoms with E-state index in [4.69, 9.17) is 5.73 Å². The van der Waals surface area contributed by atoms with Crippen molar-refractivity contribution in [1.29, 1.82) is 0 Å². The van der Waals surface area contributed by atoms with Crippen molar-refractivity contribution in [1.82, 2.24) is 10.2 Å². The summed E-state index contributed by atoms with van der Waals surface area (Å²) in [5.74, 6) is -0.342. The van der Waals surface area contributed by atoms with Crippen LogP contribution in [0.3, 0.4) is 0 Å². The summed E-state index contributed by atoms with van der Waals surface area (Å²) < 4.78 is 13.3. The van der Waals surface area contributed by atoms with Gasteiger partial charge in [-0.3, -0.25) is 4.79 Å². The molecule has 0 bridgehead atoms. The van der Waals surface area contributed by atoms with Gasteiger partial charge in [0.15, 0.2) is 0 Å². The largest absolute Gasteiger partial charge is 0.396 e. The average Bonchev–Trinajstić information content (AvgIpc) is 2.48. The van der Waals surface area contributed by atoms with Gasteiger partial charge in [0, 0.05) is 6.54 Å². The quantitative estimate of drug-likeness (QED) is 0.827. The minimum Gasteiger partial charge on any atom is -0.396 e. The Morgan fingerprint density at radius 2 is 2.15 bits per heavy atom. The van der Waals surface area contributed by atoms with E-state index in [9.17, 15) is 9.18 Å². The molecule has 0 saturated carbocycles. The van der Waals surface area contributed by atoms with Crippen molar-refractivity contribution in [2.45, 2.75) is 19.8 Å². The second kappa shape index (κ2) is 6.70. The fourth-order valence-electron chi connectivity index (χ4n) is 2.57. The molecule has 4 nitrogen and oxygen atoms in total. The molecule has 1 amide bonds. The second-order valence-electron chi connectivity index (χ2n) is 5.29. The van der Waals surface area contributed by atoms with Crippen molar-refractivity contribution < 1.29 is 9.18 Å². The van der Waals surface area contributed by atoms with Crippen LogP contribution in [0.2, 0.25) is 0 Å². The number of rotatable bonds is 4. The van der Waals surface area contributed by atoms with Crippen LogP contribution in [-0.4, -0.2) is 37.0 Å². The third-order valence-corrected chi connectivity index (χ3v) is 4.00. The van der Waals surface area contributed by atoms with Gasteiger partial charge in [-0.15, -0.1) is 0 Å². The highest BCUT2D eigenvalue weighted by Gasteiger charge is 2.19. The molecule has 1 fully saturated rings. The lowest BCUT2D eigenvalue weighted by Crippen LogP contribution is -2.38. The number of anilines is 1. The second-order valence-corrected chi connectivity index (χ2v) is 5.29. The minimum atomic E-state index is -0.547. The number of amides is 1. The fraction of sp³-hybridized carbons (Fsp3) is 0.533. The smallest absolute Gasteiger partial charge is 0.253 e. The maximum atomic E-state index is 13.3. The summed E-state index contributed by atoms with van der Waals surface area (Å²) >= 11 is 0. The van der Waals surface area contributed by atoms with Crippen molar-refractivity contribution in [3.05, 3.63) is 29.6 Å². The number of halogens is 1. The SMILES string of the molecule is CCN1CCC(CNC(=O)c2cccc(F)c2N)CC1. The van der Waals surface area contributed by atoms with Crippen molar-refractivity contribution >= 4 is 11.6 Å². The molecule has 1 aromatic rings. The maximum Gasteiger partial charge on any atom is 0.253 e. The van der Waals surface area contributed by atoms with Crippen molar-refractivity contribution in [3.63, 3.8) is 0 Å². The number of carbonyl (C=O) groups excluding carboxylic acids is 1. The molecule has 2 rings (SSSR count). The molecule has 20 heavy (non-hydrogen) atoms. The van der Waals surface area contributed by atoms with Crippen LogP contribution in [0.25, 0.3) is 0 Å². The number of carbonyl (C=O) groups is 1. The summed E-state index contributed by atoms with van der Waals surface area (Å²) in [6.45, 7) is 6.04. The highest BCUT2D eigenvalue weighted by Crippen LogP contribution is 2.18. The van der Waals surface area contributed by atoms with E-state index in [1.54, 1.807) is 6.07 Å². The first-order chi connectivity index (χ1) is 9.61. The highest BCUT2D eigenvalue weighted by molar-refractivity contribution is 5.99. The van der Waals surface area contributed by atoms with E-state index in [1.165, 1.54) is 12.1 Å². The lowest BCUT2D eigenvalue weighted by Gasteiger charge is -2.31. The molecule has 1 aliphatic heterocycles. The maximum absolute atomic E-state index is 13.3. The molecule has 3 N–H and O–H groups in total. The van der Waals surface area contributed by atoms with Crippen LogP contribution in [0.5, 0.6) is 0 Å². The van der Waals surface area contributed by atoms with Gasteiger partial charge in [0.1, 0.15) is 5.82 Å². The zero-order valence-corrected chi connectivity index (χ0v) is 11.9. The first kappa shape index (κ1) is 14.8. The summed E-state index contributed by atoms with van der Waals surface area (Å²) in [6.07, 6.45) is 2.18. The Morgan fingerprint density at radius 3 is 2.80 bits per heavy atom. The van der Waals surface area contributed by atoms with Crippen molar-refractivity contribution in [2.75, 3.05) is 31.9 Å². The number of likely N-dealkylation sites (tertiary alicyclic amines) is 1. The average molecular weight is 279 g/mol. The van der Waals surface area contributed by atoms with Gasteiger partial charge in [-0.1, -0.05) is 13.0 Å². The fourth-order valence-corrected chi connectivity index (χ4v) is 2.57. The van der Waals surface area contributed by atoms with E-state index in [-0.39, 0.29) is 17.2 Å². The van der Waals surface area contributed by atoms with Gasteiger partial charge in [-0.05, 0) is 50.5 Å². The van der Waals surface area contributed by atoms with Crippen LogP contribution in [-0.2, 0) is 0 Å². The number of nitrogen functional groups attached to an aromatic ring is 1. The predicted octanol–water partition coefficient (Wildman–Crippen LogP) is 1.87. The number of para-hydroxylation sites is 1. The van der Waals surface area contributed by atoms with Gasteiger partial charge in [-0.2, -0.15) is 0 Å². The molecule has 1 saturated heterocycles. The summed E-state index contributed by atoms with van der Waals surface area (Å²) in [7, 11) is 0. The Hall–Kier alpha value is -1.62. The monoisotopic (exact) mass is 279 g/mol. The number of hydrogen-bond donors (Lipinski definition) is 2. The summed E-state index contributed by atoms with van der Waals surface area (Å²) in [5.41, 5.74) is 5.73. The van der Waals surface area contributed by atoms with Gasteiger partial charge >= 0.3 is 0 Å². The van der Waals surface area contributed by atoms with Crippen molar-refractivity contribution in [3.8, 4) is 0 Å². The summed E-state index contributed by atoms with van der Waals surface area (Å²) in [4.78, 5) is 14.4. The Morgan fingerprint density at radius 1 is 1.45 bits per heavy atom. The Bertz CT molecular complexity index is 470. The van der Waals surface area contributed by atoms with E-state index in [0.717, 1.165) is 32.5 Å². The first-order valence-electron chi connectivity index (χ1n) is 7.16. The van der Waals surface area contributed by atoms with Crippen LogP contribution in [0.1, 0.15) is 30.1 Å². The van der Waals surface area contributed by atoms with E-state index in [1.807, 2.05) is 0 Å². The number of benzene rings is 1.